The van der Waals surface area contributed by atoms with Crippen LogP contribution < -0.4 is 4.90 Å². The van der Waals surface area contributed by atoms with E-state index < -0.39 is 11.4 Å². The highest BCUT2D eigenvalue weighted by molar-refractivity contribution is 6.31. The number of hydrogen-bond acceptors (Lipinski definition) is 2. The van der Waals surface area contributed by atoms with Crippen molar-refractivity contribution in [2.75, 3.05) is 4.90 Å². The maximum Gasteiger partial charge on any atom is 0.311 e. The Hall–Kier alpha value is -1.22. The number of nitrogens with zero attached hydrogens (tertiary/aromatic N) is 1. The third-order valence-corrected chi connectivity index (χ3v) is 4.40. The van der Waals surface area contributed by atoms with Gasteiger partial charge >= 0.3 is 5.97 Å². The summed E-state index contributed by atoms with van der Waals surface area (Å²) in [4.78, 5) is 13.7. The van der Waals surface area contributed by atoms with E-state index in [-0.39, 0.29) is 12.1 Å². The third kappa shape index (κ3) is 2.20. The summed E-state index contributed by atoms with van der Waals surface area (Å²) in [6.07, 6.45) is 0.687. The Morgan fingerprint density at radius 1 is 1.47 bits per heavy atom. The lowest BCUT2D eigenvalue weighted by Gasteiger charge is -2.39. The van der Waals surface area contributed by atoms with Gasteiger partial charge in [0.25, 0.3) is 0 Å². The normalized spacial score (nSPS) is 18.8. The summed E-state index contributed by atoms with van der Waals surface area (Å²) in [5.74, 6) is -0.771. The topological polar surface area (TPSA) is 40.5 Å². The van der Waals surface area contributed by atoms with E-state index in [2.05, 4.69) is 18.7 Å². The summed E-state index contributed by atoms with van der Waals surface area (Å²) in [5, 5.41) is 10.2. The minimum Gasteiger partial charge on any atom is -0.481 e. The maximum atomic E-state index is 11.6. The minimum absolute atomic E-state index is 0.0695. The Kier molecular flexibility index (Phi) is 3.52. The predicted octanol–water partition coefficient (Wildman–Crippen LogP) is 3.59. The highest BCUT2D eigenvalue weighted by Gasteiger charge is 2.45. The largest absolute Gasteiger partial charge is 0.481 e. The van der Waals surface area contributed by atoms with Gasteiger partial charge in [-0.2, -0.15) is 0 Å². The molecule has 4 heteroatoms. The van der Waals surface area contributed by atoms with Gasteiger partial charge in [0, 0.05) is 22.8 Å². The molecule has 1 aliphatic heterocycles. The van der Waals surface area contributed by atoms with Gasteiger partial charge in [0.15, 0.2) is 0 Å². The van der Waals surface area contributed by atoms with Crippen molar-refractivity contribution in [2.24, 2.45) is 5.41 Å². The van der Waals surface area contributed by atoms with Gasteiger partial charge in [0.1, 0.15) is 0 Å². The van der Waals surface area contributed by atoms with Crippen LogP contribution >= 0.6 is 11.6 Å². The Labute approximate surface area is 119 Å². The quantitative estimate of drug-likeness (QED) is 0.920. The van der Waals surface area contributed by atoms with E-state index in [1.54, 1.807) is 13.8 Å². The van der Waals surface area contributed by atoms with Crippen molar-refractivity contribution < 1.29 is 9.90 Å². The van der Waals surface area contributed by atoms with Crippen LogP contribution in [0.25, 0.3) is 0 Å². The Morgan fingerprint density at radius 2 is 2.11 bits per heavy atom. The van der Waals surface area contributed by atoms with Crippen molar-refractivity contribution in [1.82, 2.24) is 0 Å². The molecule has 1 atom stereocenters. The van der Waals surface area contributed by atoms with Crippen molar-refractivity contribution in [3.63, 3.8) is 0 Å². The first-order chi connectivity index (χ1) is 8.76. The van der Waals surface area contributed by atoms with Crippen LogP contribution in [0.2, 0.25) is 5.02 Å². The molecule has 0 saturated carbocycles. The molecule has 0 saturated heterocycles. The van der Waals surface area contributed by atoms with Crippen LogP contribution in [0.4, 0.5) is 5.69 Å². The van der Waals surface area contributed by atoms with Gasteiger partial charge in [-0.15, -0.1) is 0 Å². The summed E-state index contributed by atoms with van der Waals surface area (Å²) in [6.45, 7) is 7.74. The minimum atomic E-state index is -0.813. The van der Waals surface area contributed by atoms with Crippen molar-refractivity contribution in [2.45, 2.75) is 46.2 Å². The molecule has 0 bridgehead atoms. The van der Waals surface area contributed by atoms with E-state index in [1.165, 1.54) is 0 Å². The number of fused-ring (bicyclic) bond motifs is 1. The molecule has 0 radical (unpaired) electrons. The molecule has 2 rings (SSSR count). The number of benzene rings is 1. The second-order valence-electron chi connectivity index (χ2n) is 5.99. The lowest BCUT2D eigenvalue weighted by atomic mass is 9.82. The van der Waals surface area contributed by atoms with Crippen LogP contribution in [0.15, 0.2) is 18.2 Å². The van der Waals surface area contributed by atoms with Crippen molar-refractivity contribution in [3.8, 4) is 0 Å². The average Bonchev–Trinajstić information content (AvgIpc) is 2.70. The Bertz CT molecular complexity index is 511. The molecular formula is C15H20ClNO2. The standard InChI is InChI=1S/C15H20ClNO2/c1-9(2)17-12-7-5-6-11(16)10(12)8-13(17)15(3,4)14(18)19/h5-7,9,13H,8H2,1-4H3,(H,18,19). The molecule has 104 valence electrons. The molecule has 0 amide bonds. The monoisotopic (exact) mass is 281 g/mol. The van der Waals surface area contributed by atoms with Crippen molar-refractivity contribution in [1.29, 1.82) is 0 Å². The molecular weight excluding hydrogens is 262 g/mol. The van der Waals surface area contributed by atoms with Gasteiger partial charge in [-0.1, -0.05) is 17.7 Å². The van der Waals surface area contributed by atoms with E-state index in [1.807, 2.05) is 18.2 Å². The van der Waals surface area contributed by atoms with Gasteiger partial charge in [0.05, 0.1) is 5.41 Å². The first-order valence-corrected chi connectivity index (χ1v) is 6.93. The highest BCUT2D eigenvalue weighted by Crippen LogP contribution is 2.43. The molecule has 1 unspecified atom stereocenters. The zero-order valence-corrected chi connectivity index (χ0v) is 12.5. The van der Waals surface area contributed by atoms with Crippen LogP contribution in [-0.2, 0) is 11.2 Å². The molecule has 19 heavy (non-hydrogen) atoms. The molecule has 1 N–H and O–H groups in total. The van der Waals surface area contributed by atoms with Gasteiger partial charge in [-0.05, 0) is 51.8 Å². The Morgan fingerprint density at radius 3 is 2.63 bits per heavy atom. The van der Waals surface area contributed by atoms with Gasteiger partial charge in [0.2, 0.25) is 0 Å². The number of hydrogen-bond donors (Lipinski definition) is 1. The number of carboxylic acids is 1. The predicted molar refractivity (Wildman–Crippen MR) is 78.0 cm³/mol. The Balaban J connectivity index is 2.51. The zero-order chi connectivity index (χ0) is 14.4. The molecule has 0 fully saturated rings. The molecule has 1 aromatic carbocycles. The molecule has 0 aliphatic carbocycles. The third-order valence-electron chi connectivity index (χ3n) is 4.05. The fourth-order valence-corrected chi connectivity index (χ4v) is 3.08. The van der Waals surface area contributed by atoms with Gasteiger partial charge in [-0.25, -0.2) is 0 Å². The first-order valence-electron chi connectivity index (χ1n) is 6.56. The highest BCUT2D eigenvalue weighted by atomic mass is 35.5. The fraction of sp³-hybridized carbons (Fsp3) is 0.533. The van der Waals surface area contributed by atoms with Gasteiger partial charge in [-0.3, -0.25) is 4.79 Å². The summed E-state index contributed by atoms with van der Waals surface area (Å²) in [5.41, 5.74) is 1.33. The molecule has 0 aromatic heterocycles. The lowest BCUT2D eigenvalue weighted by molar-refractivity contribution is -0.148. The van der Waals surface area contributed by atoms with Crippen LogP contribution in [0.5, 0.6) is 0 Å². The molecule has 3 nitrogen and oxygen atoms in total. The number of aliphatic carboxylic acids is 1. The van der Waals surface area contributed by atoms with Crippen molar-refractivity contribution in [3.05, 3.63) is 28.8 Å². The average molecular weight is 282 g/mol. The molecule has 1 aliphatic rings. The second kappa shape index (κ2) is 4.71. The van der Waals surface area contributed by atoms with E-state index in [4.69, 9.17) is 11.6 Å². The fourth-order valence-electron chi connectivity index (χ4n) is 2.83. The second-order valence-corrected chi connectivity index (χ2v) is 6.39. The van der Waals surface area contributed by atoms with E-state index in [9.17, 15) is 9.90 Å². The summed E-state index contributed by atoms with van der Waals surface area (Å²) < 4.78 is 0. The van der Waals surface area contributed by atoms with E-state index >= 15 is 0 Å². The number of rotatable bonds is 3. The van der Waals surface area contributed by atoms with Crippen molar-refractivity contribution >= 4 is 23.3 Å². The zero-order valence-electron chi connectivity index (χ0n) is 11.8. The smallest absolute Gasteiger partial charge is 0.311 e. The number of halogens is 1. The van der Waals surface area contributed by atoms with E-state index in [0.717, 1.165) is 16.3 Å². The summed E-state index contributed by atoms with van der Waals surface area (Å²) >= 11 is 6.26. The van der Waals surface area contributed by atoms with E-state index in [0.29, 0.717) is 6.42 Å². The SMILES string of the molecule is CC(C)N1c2cccc(Cl)c2CC1C(C)(C)C(=O)O. The molecule has 0 spiro atoms. The van der Waals surface area contributed by atoms with Crippen LogP contribution in [0, 0.1) is 5.41 Å². The lowest BCUT2D eigenvalue weighted by Crippen LogP contribution is -2.50. The molecule has 1 heterocycles. The maximum absolute atomic E-state index is 11.6. The van der Waals surface area contributed by atoms with Crippen LogP contribution in [-0.4, -0.2) is 23.2 Å². The summed E-state index contributed by atoms with van der Waals surface area (Å²) in [7, 11) is 0. The van der Waals surface area contributed by atoms with Crippen LogP contribution in [0.3, 0.4) is 0 Å². The number of carboxylic acid groups (broad SMARTS) is 1. The van der Waals surface area contributed by atoms with Gasteiger partial charge < -0.3 is 10.0 Å². The van der Waals surface area contributed by atoms with Crippen LogP contribution in [0.1, 0.15) is 33.3 Å². The summed E-state index contributed by atoms with van der Waals surface area (Å²) in [6, 6.07) is 5.99. The number of carbonyl (C=O) groups is 1. The molecule has 1 aromatic rings. The first kappa shape index (κ1) is 14.2. The number of anilines is 1.